The molecule has 1 unspecified atom stereocenters. The van der Waals surface area contributed by atoms with Crippen LogP contribution in [0, 0.1) is 6.92 Å². The van der Waals surface area contributed by atoms with Crippen LogP contribution in [0.3, 0.4) is 0 Å². The molecular formula is C15H19F3O. The van der Waals surface area contributed by atoms with Gasteiger partial charge in [0.25, 0.3) is 0 Å². The highest BCUT2D eigenvalue weighted by Gasteiger charge is 2.58. The van der Waals surface area contributed by atoms with Crippen LogP contribution in [0.1, 0.15) is 44.4 Å². The van der Waals surface area contributed by atoms with Gasteiger partial charge in [-0.3, -0.25) is 0 Å². The second-order valence-electron chi connectivity index (χ2n) is 6.55. The highest BCUT2D eigenvalue weighted by Crippen LogP contribution is 2.52. The third-order valence-corrected chi connectivity index (χ3v) is 3.75. The van der Waals surface area contributed by atoms with Gasteiger partial charge < -0.3 is 4.74 Å². The number of halogens is 3. The molecule has 19 heavy (non-hydrogen) atoms. The van der Waals surface area contributed by atoms with Crippen molar-refractivity contribution in [2.45, 2.75) is 51.6 Å². The fourth-order valence-corrected chi connectivity index (χ4v) is 2.55. The van der Waals surface area contributed by atoms with E-state index in [1.165, 1.54) is 6.92 Å². The van der Waals surface area contributed by atoms with Gasteiger partial charge in [-0.25, -0.2) is 0 Å². The molecule has 4 heteroatoms. The van der Waals surface area contributed by atoms with E-state index >= 15 is 0 Å². The molecule has 0 amide bonds. The van der Waals surface area contributed by atoms with Crippen LogP contribution in [0.4, 0.5) is 13.2 Å². The van der Waals surface area contributed by atoms with Crippen molar-refractivity contribution in [1.29, 1.82) is 0 Å². The molecular weight excluding hydrogens is 253 g/mol. The number of aryl methyl sites for hydroxylation is 1. The zero-order chi connectivity index (χ0) is 14.6. The van der Waals surface area contributed by atoms with Crippen LogP contribution >= 0.6 is 0 Å². The minimum absolute atomic E-state index is 0.304. The molecule has 1 nitrogen and oxygen atoms in total. The summed E-state index contributed by atoms with van der Waals surface area (Å²) < 4.78 is 45.6. The topological polar surface area (TPSA) is 9.23 Å². The van der Waals surface area contributed by atoms with Crippen LogP contribution in [0.5, 0.6) is 5.75 Å². The van der Waals surface area contributed by atoms with Crippen molar-refractivity contribution in [3.63, 3.8) is 0 Å². The number of alkyl halides is 3. The molecule has 0 bridgehead atoms. The predicted octanol–water partition coefficient (Wildman–Crippen LogP) is 4.50. The van der Waals surface area contributed by atoms with Crippen molar-refractivity contribution in [3.05, 3.63) is 28.8 Å². The summed E-state index contributed by atoms with van der Waals surface area (Å²) in [7, 11) is 0. The minimum atomic E-state index is -4.31. The molecule has 0 N–H and O–H groups in total. The summed E-state index contributed by atoms with van der Waals surface area (Å²) in [5.74, 6) is 0.379. The number of benzene rings is 1. The molecule has 1 aromatic carbocycles. The molecule has 0 saturated carbocycles. The maximum Gasteiger partial charge on any atom is 0.401 e. The highest BCUT2D eigenvalue weighted by molar-refractivity contribution is 5.54. The van der Waals surface area contributed by atoms with E-state index in [-0.39, 0.29) is 12.0 Å². The Kier molecular flexibility index (Phi) is 2.92. The van der Waals surface area contributed by atoms with E-state index in [9.17, 15) is 13.2 Å². The molecule has 0 saturated heterocycles. The first kappa shape index (κ1) is 14.2. The van der Waals surface area contributed by atoms with E-state index in [4.69, 9.17) is 4.74 Å². The molecule has 0 fully saturated rings. The molecule has 0 aliphatic carbocycles. The van der Waals surface area contributed by atoms with Crippen LogP contribution in [-0.4, -0.2) is 12.8 Å². The molecule has 1 atom stereocenters. The Morgan fingerprint density at radius 3 is 2.21 bits per heavy atom. The van der Waals surface area contributed by atoms with Crippen LogP contribution in [0.25, 0.3) is 0 Å². The van der Waals surface area contributed by atoms with E-state index in [1.54, 1.807) is 6.07 Å². The molecule has 1 aliphatic rings. The van der Waals surface area contributed by atoms with Gasteiger partial charge in [0.05, 0.1) is 0 Å². The van der Waals surface area contributed by atoms with Gasteiger partial charge in [0.15, 0.2) is 0 Å². The largest absolute Gasteiger partial charge is 0.492 e. The number of rotatable bonds is 0. The fraction of sp³-hybridized carbons (Fsp3) is 0.600. The lowest BCUT2D eigenvalue weighted by molar-refractivity contribution is -0.187. The summed E-state index contributed by atoms with van der Waals surface area (Å²) in [5.41, 5.74) is -0.317. The van der Waals surface area contributed by atoms with E-state index < -0.39 is 11.6 Å². The number of ether oxygens (including phenoxy) is 1. The van der Waals surface area contributed by atoms with Gasteiger partial charge in [-0.05, 0) is 36.5 Å². The van der Waals surface area contributed by atoms with Gasteiger partial charge in [0, 0.05) is 5.56 Å². The second-order valence-corrected chi connectivity index (χ2v) is 6.55. The van der Waals surface area contributed by atoms with Crippen molar-refractivity contribution in [2.75, 3.05) is 6.61 Å². The molecule has 1 aliphatic heterocycles. The van der Waals surface area contributed by atoms with Gasteiger partial charge in [-0.15, -0.1) is 0 Å². The fourth-order valence-electron chi connectivity index (χ4n) is 2.55. The molecule has 2 rings (SSSR count). The zero-order valence-electron chi connectivity index (χ0n) is 11.9. The van der Waals surface area contributed by atoms with Crippen LogP contribution < -0.4 is 4.74 Å². The third kappa shape index (κ3) is 2.11. The van der Waals surface area contributed by atoms with Crippen molar-refractivity contribution in [1.82, 2.24) is 0 Å². The Morgan fingerprint density at radius 1 is 1.16 bits per heavy atom. The number of hydrogen-bond donors (Lipinski definition) is 0. The lowest BCUT2D eigenvalue weighted by atomic mass is 9.73. The van der Waals surface area contributed by atoms with Gasteiger partial charge in [-0.1, -0.05) is 26.8 Å². The Hall–Kier alpha value is -1.19. The normalized spacial score (nSPS) is 23.2. The lowest BCUT2D eigenvalue weighted by Crippen LogP contribution is -2.42. The van der Waals surface area contributed by atoms with Crippen LogP contribution in [0.2, 0.25) is 0 Å². The summed E-state index contributed by atoms with van der Waals surface area (Å²) in [4.78, 5) is 0. The molecule has 0 radical (unpaired) electrons. The first-order chi connectivity index (χ1) is 8.47. The van der Waals surface area contributed by atoms with Crippen LogP contribution in [-0.2, 0) is 10.8 Å². The SMILES string of the molecule is Cc1cc2c(c(C(C)(C)C)c1)C(C)(C(F)(F)F)CO2. The van der Waals surface area contributed by atoms with Crippen molar-refractivity contribution >= 4 is 0 Å². The Morgan fingerprint density at radius 2 is 1.74 bits per heavy atom. The average Bonchev–Trinajstić information content (AvgIpc) is 2.54. The maximum atomic E-state index is 13.4. The van der Waals surface area contributed by atoms with E-state index in [1.807, 2.05) is 33.8 Å². The summed E-state index contributed by atoms with van der Waals surface area (Å²) >= 11 is 0. The predicted molar refractivity (Wildman–Crippen MR) is 68.8 cm³/mol. The first-order valence-corrected chi connectivity index (χ1v) is 6.32. The Balaban J connectivity index is 2.75. The first-order valence-electron chi connectivity index (χ1n) is 6.32. The van der Waals surface area contributed by atoms with E-state index in [0.29, 0.717) is 11.3 Å². The highest BCUT2D eigenvalue weighted by atomic mass is 19.4. The number of hydrogen-bond acceptors (Lipinski definition) is 1. The van der Waals surface area contributed by atoms with E-state index in [0.717, 1.165) is 11.1 Å². The van der Waals surface area contributed by atoms with E-state index in [2.05, 4.69) is 0 Å². The quantitative estimate of drug-likeness (QED) is 0.675. The smallest absolute Gasteiger partial charge is 0.401 e. The maximum absolute atomic E-state index is 13.4. The van der Waals surface area contributed by atoms with Crippen molar-refractivity contribution in [2.24, 2.45) is 0 Å². The second kappa shape index (κ2) is 3.90. The Bertz CT molecular complexity index is 511. The summed E-state index contributed by atoms with van der Waals surface area (Å²) in [6.45, 7) is 8.55. The molecule has 1 aromatic rings. The standard InChI is InChI=1S/C15H19F3O/c1-9-6-10(13(2,3)4)12-11(7-9)19-8-14(12,5)15(16,17)18/h6-7H,8H2,1-5H3. The minimum Gasteiger partial charge on any atom is -0.492 e. The number of fused-ring (bicyclic) bond motifs is 1. The van der Waals surface area contributed by atoms with Crippen LogP contribution in [0.15, 0.2) is 12.1 Å². The van der Waals surface area contributed by atoms with Gasteiger partial charge in [-0.2, -0.15) is 13.2 Å². The lowest BCUT2D eigenvalue weighted by Gasteiger charge is -2.31. The summed E-state index contributed by atoms with van der Waals surface area (Å²) in [5, 5.41) is 0. The Labute approximate surface area is 111 Å². The molecule has 106 valence electrons. The van der Waals surface area contributed by atoms with Gasteiger partial charge >= 0.3 is 6.18 Å². The monoisotopic (exact) mass is 272 g/mol. The average molecular weight is 272 g/mol. The zero-order valence-corrected chi connectivity index (χ0v) is 11.9. The van der Waals surface area contributed by atoms with Crippen molar-refractivity contribution < 1.29 is 17.9 Å². The molecule has 1 heterocycles. The van der Waals surface area contributed by atoms with Gasteiger partial charge in [0.1, 0.15) is 17.8 Å². The third-order valence-electron chi connectivity index (χ3n) is 3.75. The summed E-state index contributed by atoms with van der Waals surface area (Å²) in [6, 6.07) is 3.54. The molecule has 0 aromatic heterocycles. The molecule has 0 spiro atoms. The van der Waals surface area contributed by atoms with Crippen molar-refractivity contribution in [3.8, 4) is 5.75 Å². The van der Waals surface area contributed by atoms with Gasteiger partial charge in [0.2, 0.25) is 0 Å². The summed E-state index contributed by atoms with van der Waals surface area (Å²) in [6.07, 6.45) is -4.31.